The fraction of sp³-hybridized carbons (Fsp3) is 0.294. The predicted octanol–water partition coefficient (Wildman–Crippen LogP) is 2.92. The first-order chi connectivity index (χ1) is 10.1. The molecule has 2 aromatic rings. The lowest BCUT2D eigenvalue weighted by atomic mass is 10.1. The van der Waals surface area contributed by atoms with Gasteiger partial charge in [0.15, 0.2) is 0 Å². The standard InChI is InChI=1S/C17H24O2Si2/c1-12-7-5-9-16(14(12)3)18-20-11-21-19-17-10-6-8-13(2)15(17)4/h5-10H,11,20-21H2,1-4H3. The van der Waals surface area contributed by atoms with E-state index in [1.807, 2.05) is 0 Å². The Morgan fingerprint density at radius 1 is 0.714 bits per heavy atom. The van der Waals surface area contributed by atoms with Crippen LogP contribution in [0.3, 0.4) is 0 Å². The Bertz CT molecular complexity index is 558. The number of hydrogen-bond donors (Lipinski definition) is 0. The van der Waals surface area contributed by atoms with Crippen LogP contribution in [0.1, 0.15) is 22.3 Å². The maximum absolute atomic E-state index is 6.00. The summed E-state index contributed by atoms with van der Waals surface area (Å²) in [7, 11) is -1.05. The van der Waals surface area contributed by atoms with Crippen LogP contribution in [-0.4, -0.2) is 19.5 Å². The Kier molecular flexibility index (Phi) is 5.64. The van der Waals surface area contributed by atoms with Gasteiger partial charge < -0.3 is 8.85 Å². The molecule has 0 fully saturated rings. The lowest BCUT2D eigenvalue weighted by Crippen LogP contribution is -2.12. The molecule has 2 aromatic carbocycles. The quantitative estimate of drug-likeness (QED) is 0.603. The van der Waals surface area contributed by atoms with Gasteiger partial charge in [-0.1, -0.05) is 24.3 Å². The van der Waals surface area contributed by atoms with Crippen molar-refractivity contribution in [1.29, 1.82) is 0 Å². The molecule has 0 spiro atoms. The number of aryl methyl sites for hydroxylation is 2. The largest absolute Gasteiger partial charge is 0.549 e. The third-order valence-corrected chi connectivity index (χ3v) is 7.25. The van der Waals surface area contributed by atoms with Gasteiger partial charge in [0.2, 0.25) is 19.5 Å². The molecule has 21 heavy (non-hydrogen) atoms. The lowest BCUT2D eigenvalue weighted by Gasteiger charge is -2.13. The Morgan fingerprint density at radius 3 is 1.57 bits per heavy atom. The van der Waals surface area contributed by atoms with Gasteiger partial charge in [0.1, 0.15) is 11.5 Å². The van der Waals surface area contributed by atoms with Crippen molar-refractivity contribution in [3.05, 3.63) is 58.7 Å². The van der Waals surface area contributed by atoms with Crippen molar-refractivity contribution in [3.63, 3.8) is 0 Å². The summed E-state index contributed by atoms with van der Waals surface area (Å²) in [5.74, 6) is 2.12. The summed E-state index contributed by atoms with van der Waals surface area (Å²) in [6.45, 7) is 8.51. The zero-order valence-electron chi connectivity index (χ0n) is 13.4. The molecule has 0 N–H and O–H groups in total. The summed E-state index contributed by atoms with van der Waals surface area (Å²) in [6, 6.07) is 12.5. The van der Waals surface area contributed by atoms with Crippen LogP contribution in [0.15, 0.2) is 36.4 Å². The van der Waals surface area contributed by atoms with Gasteiger partial charge in [0.05, 0.1) is 0 Å². The van der Waals surface area contributed by atoms with Crippen LogP contribution in [0.25, 0.3) is 0 Å². The first-order valence-corrected chi connectivity index (χ1v) is 10.6. The second kappa shape index (κ2) is 7.47. The molecule has 0 amide bonds. The normalized spacial score (nSPS) is 11.6. The molecule has 2 rings (SSSR count). The smallest absolute Gasteiger partial charge is 0.219 e. The van der Waals surface area contributed by atoms with Crippen molar-refractivity contribution in [2.45, 2.75) is 33.4 Å². The Labute approximate surface area is 132 Å². The van der Waals surface area contributed by atoms with Crippen molar-refractivity contribution in [2.75, 3.05) is 0 Å². The molecule has 4 heteroatoms. The minimum Gasteiger partial charge on any atom is -0.549 e. The molecule has 0 aliphatic carbocycles. The van der Waals surface area contributed by atoms with Crippen LogP contribution in [0.2, 0.25) is 5.67 Å². The first-order valence-electron chi connectivity index (χ1n) is 7.47. The van der Waals surface area contributed by atoms with E-state index in [4.69, 9.17) is 8.85 Å². The minimum absolute atomic E-state index is 0.525. The molecule has 0 atom stereocenters. The highest BCUT2D eigenvalue weighted by Crippen LogP contribution is 2.21. The van der Waals surface area contributed by atoms with E-state index in [-0.39, 0.29) is 0 Å². The summed E-state index contributed by atoms with van der Waals surface area (Å²) in [4.78, 5) is 0. The first kappa shape index (κ1) is 15.9. The van der Waals surface area contributed by atoms with E-state index in [1.165, 1.54) is 22.3 Å². The van der Waals surface area contributed by atoms with Gasteiger partial charge in [0, 0.05) is 0 Å². The topological polar surface area (TPSA) is 18.5 Å². The van der Waals surface area contributed by atoms with Crippen LogP contribution in [-0.2, 0) is 0 Å². The van der Waals surface area contributed by atoms with Gasteiger partial charge in [-0.05, 0) is 67.7 Å². The SMILES string of the molecule is Cc1cccc(O[SiH2]C[SiH2]Oc2cccc(C)c2C)c1C. The average Bonchev–Trinajstić information content (AvgIpc) is 2.47. The van der Waals surface area contributed by atoms with Crippen LogP contribution in [0.4, 0.5) is 0 Å². The second-order valence-corrected chi connectivity index (χ2v) is 9.67. The van der Waals surface area contributed by atoms with Gasteiger partial charge in [0.25, 0.3) is 0 Å². The predicted molar refractivity (Wildman–Crippen MR) is 95.0 cm³/mol. The molecule has 0 saturated heterocycles. The molecular formula is C17H24O2Si2. The monoisotopic (exact) mass is 316 g/mol. The van der Waals surface area contributed by atoms with Crippen LogP contribution >= 0.6 is 0 Å². The molecule has 0 saturated carbocycles. The average molecular weight is 317 g/mol. The van der Waals surface area contributed by atoms with Gasteiger partial charge >= 0.3 is 0 Å². The molecular weight excluding hydrogens is 292 g/mol. The molecule has 2 nitrogen and oxygen atoms in total. The van der Waals surface area contributed by atoms with Gasteiger partial charge in [-0.3, -0.25) is 0 Å². The molecule has 0 unspecified atom stereocenters. The fourth-order valence-corrected chi connectivity index (χ4v) is 4.88. The van der Waals surface area contributed by atoms with E-state index in [1.54, 1.807) is 0 Å². The maximum Gasteiger partial charge on any atom is 0.219 e. The van der Waals surface area contributed by atoms with Crippen LogP contribution < -0.4 is 8.85 Å². The number of hydrogen-bond acceptors (Lipinski definition) is 2. The third kappa shape index (κ3) is 4.22. The second-order valence-electron chi connectivity index (χ2n) is 5.45. The highest BCUT2D eigenvalue weighted by atomic mass is 28.3. The Balaban J connectivity index is 1.78. The van der Waals surface area contributed by atoms with Crippen molar-refractivity contribution >= 4 is 19.5 Å². The summed E-state index contributed by atoms with van der Waals surface area (Å²) in [6.07, 6.45) is 0. The molecule has 0 radical (unpaired) electrons. The van der Waals surface area contributed by atoms with Gasteiger partial charge in [-0.25, -0.2) is 0 Å². The van der Waals surface area contributed by atoms with Crippen molar-refractivity contribution in [3.8, 4) is 11.5 Å². The molecule has 0 aromatic heterocycles. The molecule has 0 aliphatic heterocycles. The van der Waals surface area contributed by atoms with Crippen LogP contribution in [0.5, 0.6) is 11.5 Å². The van der Waals surface area contributed by atoms with Gasteiger partial charge in [-0.2, -0.15) is 0 Å². The van der Waals surface area contributed by atoms with Gasteiger partial charge in [-0.15, -0.1) is 0 Å². The molecule has 112 valence electrons. The third-order valence-electron chi connectivity index (χ3n) is 3.91. The number of rotatable bonds is 6. The molecule has 0 heterocycles. The van der Waals surface area contributed by atoms with E-state index in [0.717, 1.165) is 17.2 Å². The van der Waals surface area contributed by atoms with Crippen LogP contribution in [0, 0.1) is 27.7 Å². The lowest BCUT2D eigenvalue weighted by molar-refractivity contribution is 0.575. The molecule has 0 aliphatic rings. The van der Waals surface area contributed by atoms with Crippen molar-refractivity contribution in [2.24, 2.45) is 0 Å². The Hall–Kier alpha value is -1.53. The Morgan fingerprint density at radius 2 is 1.14 bits per heavy atom. The van der Waals surface area contributed by atoms with E-state index in [2.05, 4.69) is 64.1 Å². The maximum atomic E-state index is 6.00. The van der Waals surface area contributed by atoms with E-state index in [0.29, 0.717) is 0 Å². The summed E-state index contributed by atoms with van der Waals surface area (Å²) in [5.41, 5.74) is 6.28. The summed E-state index contributed by atoms with van der Waals surface area (Å²) < 4.78 is 12.0. The van der Waals surface area contributed by atoms with E-state index >= 15 is 0 Å². The van der Waals surface area contributed by atoms with Crippen molar-refractivity contribution < 1.29 is 8.85 Å². The zero-order chi connectivity index (χ0) is 15.2. The van der Waals surface area contributed by atoms with Crippen molar-refractivity contribution in [1.82, 2.24) is 0 Å². The van der Waals surface area contributed by atoms with E-state index < -0.39 is 19.5 Å². The minimum atomic E-state index is -0.525. The highest BCUT2D eigenvalue weighted by Gasteiger charge is 2.04. The zero-order valence-corrected chi connectivity index (χ0v) is 16.2. The summed E-state index contributed by atoms with van der Waals surface area (Å²) in [5, 5.41) is 0. The van der Waals surface area contributed by atoms with E-state index in [9.17, 15) is 0 Å². The highest BCUT2D eigenvalue weighted by molar-refractivity contribution is 6.49. The number of benzene rings is 2. The fourth-order valence-electron chi connectivity index (χ4n) is 2.18. The molecule has 0 bridgehead atoms. The summed E-state index contributed by atoms with van der Waals surface area (Å²) >= 11 is 0.